The SMILES string of the molecule is COc1cccc(C=C(C)CNC2CC2)c1OC. The van der Waals surface area contributed by atoms with E-state index in [4.69, 9.17) is 9.47 Å². The van der Waals surface area contributed by atoms with Crippen LogP contribution in [0.25, 0.3) is 6.08 Å². The third-order valence-corrected chi connectivity index (χ3v) is 3.08. The van der Waals surface area contributed by atoms with Gasteiger partial charge < -0.3 is 14.8 Å². The molecular formula is C15H21NO2. The van der Waals surface area contributed by atoms with Crippen molar-refractivity contribution in [3.8, 4) is 11.5 Å². The van der Waals surface area contributed by atoms with Gasteiger partial charge in [0.2, 0.25) is 0 Å². The van der Waals surface area contributed by atoms with Gasteiger partial charge in [0.25, 0.3) is 0 Å². The average Bonchev–Trinajstić information content (AvgIpc) is 3.20. The Kier molecular flexibility index (Phi) is 4.26. The summed E-state index contributed by atoms with van der Waals surface area (Å²) in [7, 11) is 3.33. The first kappa shape index (κ1) is 13.0. The van der Waals surface area contributed by atoms with Crippen LogP contribution in [0.4, 0.5) is 0 Å². The van der Waals surface area contributed by atoms with Gasteiger partial charge in [0.05, 0.1) is 14.2 Å². The van der Waals surface area contributed by atoms with Crippen molar-refractivity contribution in [1.82, 2.24) is 5.32 Å². The Hall–Kier alpha value is -1.48. The Morgan fingerprint density at radius 2 is 2.11 bits per heavy atom. The average molecular weight is 247 g/mol. The number of para-hydroxylation sites is 1. The first-order valence-electron chi connectivity index (χ1n) is 6.36. The Balaban J connectivity index is 2.12. The minimum absolute atomic E-state index is 0.737. The summed E-state index contributed by atoms with van der Waals surface area (Å²) < 4.78 is 10.7. The Morgan fingerprint density at radius 3 is 2.72 bits per heavy atom. The van der Waals surface area contributed by atoms with Crippen molar-refractivity contribution in [1.29, 1.82) is 0 Å². The molecule has 98 valence electrons. The van der Waals surface area contributed by atoms with Crippen molar-refractivity contribution in [3.63, 3.8) is 0 Å². The Morgan fingerprint density at radius 1 is 1.33 bits per heavy atom. The summed E-state index contributed by atoms with van der Waals surface area (Å²) in [4.78, 5) is 0. The highest BCUT2D eigenvalue weighted by Gasteiger charge is 2.19. The van der Waals surface area contributed by atoms with Gasteiger partial charge in [-0.05, 0) is 25.8 Å². The number of hydrogen-bond donors (Lipinski definition) is 1. The molecule has 2 rings (SSSR count). The van der Waals surface area contributed by atoms with Crippen LogP contribution in [-0.4, -0.2) is 26.8 Å². The Labute approximate surface area is 109 Å². The van der Waals surface area contributed by atoms with E-state index >= 15 is 0 Å². The number of methoxy groups -OCH3 is 2. The van der Waals surface area contributed by atoms with Gasteiger partial charge in [-0.25, -0.2) is 0 Å². The zero-order valence-electron chi connectivity index (χ0n) is 11.3. The molecule has 0 unspecified atom stereocenters. The fraction of sp³-hybridized carbons (Fsp3) is 0.467. The maximum atomic E-state index is 5.42. The second kappa shape index (κ2) is 5.91. The number of hydrogen-bond acceptors (Lipinski definition) is 3. The molecule has 0 saturated heterocycles. The van der Waals surface area contributed by atoms with Crippen LogP contribution in [-0.2, 0) is 0 Å². The minimum atomic E-state index is 0.737. The molecule has 3 heteroatoms. The molecule has 1 aliphatic rings. The molecule has 18 heavy (non-hydrogen) atoms. The molecule has 1 aliphatic carbocycles. The molecule has 0 aromatic heterocycles. The third kappa shape index (κ3) is 3.26. The second-order valence-corrected chi connectivity index (χ2v) is 4.73. The van der Waals surface area contributed by atoms with Gasteiger partial charge in [-0.15, -0.1) is 0 Å². The molecule has 1 aromatic rings. The standard InChI is InChI=1S/C15H21NO2/c1-11(10-16-13-7-8-13)9-12-5-4-6-14(17-2)15(12)18-3/h4-6,9,13,16H,7-8,10H2,1-3H3. The molecule has 1 fully saturated rings. The van der Waals surface area contributed by atoms with Gasteiger partial charge in [0.1, 0.15) is 0 Å². The molecule has 0 amide bonds. The zero-order chi connectivity index (χ0) is 13.0. The van der Waals surface area contributed by atoms with E-state index in [-0.39, 0.29) is 0 Å². The van der Waals surface area contributed by atoms with Crippen LogP contribution in [0.5, 0.6) is 11.5 Å². The number of rotatable bonds is 6. The fourth-order valence-electron chi connectivity index (χ4n) is 1.93. The van der Waals surface area contributed by atoms with E-state index in [1.54, 1.807) is 14.2 Å². The summed E-state index contributed by atoms with van der Waals surface area (Å²) in [5.74, 6) is 1.57. The third-order valence-electron chi connectivity index (χ3n) is 3.08. The predicted molar refractivity (Wildman–Crippen MR) is 74.2 cm³/mol. The lowest BCUT2D eigenvalue weighted by Gasteiger charge is -2.11. The lowest BCUT2D eigenvalue weighted by molar-refractivity contribution is 0.354. The van der Waals surface area contributed by atoms with Gasteiger partial charge >= 0.3 is 0 Å². The van der Waals surface area contributed by atoms with E-state index in [0.29, 0.717) is 0 Å². The van der Waals surface area contributed by atoms with Crippen LogP contribution in [0, 0.1) is 0 Å². The lowest BCUT2D eigenvalue weighted by atomic mass is 10.1. The number of ether oxygens (including phenoxy) is 2. The maximum Gasteiger partial charge on any atom is 0.167 e. The van der Waals surface area contributed by atoms with Crippen LogP contribution >= 0.6 is 0 Å². The number of benzene rings is 1. The van der Waals surface area contributed by atoms with Crippen molar-refractivity contribution < 1.29 is 9.47 Å². The molecule has 0 heterocycles. The molecule has 1 aromatic carbocycles. The Bertz CT molecular complexity index is 436. The van der Waals surface area contributed by atoms with Crippen molar-refractivity contribution in [3.05, 3.63) is 29.3 Å². The van der Waals surface area contributed by atoms with Crippen molar-refractivity contribution >= 4 is 6.08 Å². The highest BCUT2D eigenvalue weighted by atomic mass is 16.5. The van der Waals surface area contributed by atoms with E-state index < -0.39 is 0 Å². The first-order chi connectivity index (χ1) is 8.74. The highest BCUT2D eigenvalue weighted by molar-refractivity contribution is 5.64. The van der Waals surface area contributed by atoms with Crippen molar-refractivity contribution in [2.75, 3.05) is 20.8 Å². The zero-order valence-corrected chi connectivity index (χ0v) is 11.3. The molecule has 1 saturated carbocycles. The summed E-state index contributed by atoms with van der Waals surface area (Å²) in [6.07, 6.45) is 4.78. The van der Waals surface area contributed by atoms with Crippen LogP contribution in [0.2, 0.25) is 0 Å². The van der Waals surface area contributed by atoms with Gasteiger partial charge in [0.15, 0.2) is 11.5 Å². The summed E-state index contributed by atoms with van der Waals surface area (Å²) in [6, 6.07) is 6.67. The van der Waals surface area contributed by atoms with E-state index in [9.17, 15) is 0 Å². The van der Waals surface area contributed by atoms with Gasteiger partial charge in [-0.1, -0.05) is 23.8 Å². The van der Waals surface area contributed by atoms with Gasteiger partial charge in [-0.3, -0.25) is 0 Å². The second-order valence-electron chi connectivity index (χ2n) is 4.73. The molecular weight excluding hydrogens is 226 g/mol. The maximum absolute atomic E-state index is 5.42. The molecule has 0 aliphatic heterocycles. The molecule has 0 atom stereocenters. The molecule has 0 bridgehead atoms. The fourth-order valence-corrected chi connectivity index (χ4v) is 1.93. The van der Waals surface area contributed by atoms with Crippen molar-refractivity contribution in [2.24, 2.45) is 0 Å². The monoisotopic (exact) mass is 247 g/mol. The highest BCUT2D eigenvalue weighted by Crippen LogP contribution is 2.32. The van der Waals surface area contributed by atoms with E-state index in [2.05, 4.69) is 18.3 Å². The summed E-state index contributed by atoms with van der Waals surface area (Å²) in [6.45, 7) is 3.07. The van der Waals surface area contributed by atoms with Crippen LogP contribution < -0.4 is 14.8 Å². The molecule has 0 radical (unpaired) electrons. The smallest absolute Gasteiger partial charge is 0.167 e. The van der Waals surface area contributed by atoms with E-state index in [1.807, 2.05) is 18.2 Å². The first-order valence-corrected chi connectivity index (χ1v) is 6.36. The quantitative estimate of drug-likeness (QED) is 0.838. The topological polar surface area (TPSA) is 30.5 Å². The molecule has 3 nitrogen and oxygen atoms in total. The summed E-state index contributed by atoms with van der Waals surface area (Å²) in [5, 5.41) is 3.50. The van der Waals surface area contributed by atoms with Gasteiger partial charge in [0, 0.05) is 18.2 Å². The van der Waals surface area contributed by atoms with E-state index in [0.717, 1.165) is 29.6 Å². The molecule has 1 N–H and O–H groups in total. The normalized spacial score (nSPS) is 15.6. The lowest BCUT2D eigenvalue weighted by Crippen LogP contribution is -2.18. The largest absolute Gasteiger partial charge is 0.493 e. The summed E-state index contributed by atoms with van der Waals surface area (Å²) in [5.41, 5.74) is 2.36. The number of nitrogens with one attached hydrogen (secondary N) is 1. The van der Waals surface area contributed by atoms with Crippen molar-refractivity contribution in [2.45, 2.75) is 25.8 Å². The van der Waals surface area contributed by atoms with Crippen LogP contribution in [0.1, 0.15) is 25.3 Å². The van der Waals surface area contributed by atoms with Gasteiger partial charge in [-0.2, -0.15) is 0 Å². The summed E-state index contributed by atoms with van der Waals surface area (Å²) >= 11 is 0. The van der Waals surface area contributed by atoms with Crippen LogP contribution in [0.15, 0.2) is 23.8 Å². The van der Waals surface area contributed by atoms with Crippen LogP contribution in [0.3, 0.4) is 0 Å². The molecule has 0 spiro atoms. The minimum Gasteiger partial charge on any atom is -0.493 e. The predicted octanol–water partition coefficient (Wildman–Crippen LogP) is 2.86. The van der Waals surface area contributed by atoms with E-state index in [1.165, 1.54) is 18.4 Å².